The second-order valence-electron chi connectivity index (χ2n) is 8.72. The second kappa shape index (κ2) is 12.7. The summed E-state index contributed by atoms with van der Waals surface area (Å²) in [5, 5.41) is 1.63. The minimum absolute atomic E-state index is 0.804. The minimum atomic E-state index is 0.804. The van der Waals surface area contributed by atoms with E-state index in [0.717, 1.165) is 42.5 Å². The van der Waals surface area contributed by atoms with Crippen molar-refractivity contribution in [1.82, 2.24) is 0 Å². The van der Waals surface area contributed by atoms with Crippen molar-refractivity contribution in [2.75, 3.05) is 39.4 Å². The number of nitrogens with zero attached hydrogens (tertiary/aromatic N) is 1. The molecule has 164 valence electrons. The molecular weight excluding hydrogens is 413 g/mol. The summed E-state index contributed by atoms with van der Waals surface area (Å²) < 4.78 is 7.24. The largest absolute Gasteiger partial charge is 0.381 e. The van der Waals surface area contributed by atoms with Gasteiger partial charge in [0, 0.05) is 29.5 Å². The predicted molar refractivity (Wildman–Crippen MR) is 129 cm³/mol. The molecule has 0 bridgehead atoms. The normalized spacial score (nSPS) is 15.9. The zero-order valence-corrected chi connectivity index (χ0v) is 19.6. The van der Waals surface area contributed by atoms with Gasteiger partial charge in [0.25, 0.3) is 0 Å². The van der Waals surface area contributed by atoms with Crippen LogP contribution in [0.1, 0.15) is 49.7 Å². The summed E-state index contributed by atoms with van der Waals surface area (Å²) in [7, 11) is 0. The number of benzene rings is 2. The maximum Gasteiger partial charge on any atom is 0.0808 e. The van der Waals surface area contributed by atoms with Crippen LogP contribution in [0.5, 0.6) is 0 Å². The van der Waals surface area contributed by atoms with Crippen LogP contribution in [0.3, 0.4) is 0 Å². The lowest BCUT2D eigenvalue weighted by molar-refractivity contribution is -0.932. The van der Waals surface area contributed by atoms with Crippen LogP contribution in [0.25, 0.3) is 0 Å². The van der Waals surface area contributed by atoms with Crippen LogP contribution < -0.4 is 0 Å². The Kier molecular flexibility index (Phi) is 10.00. The summed E-state index contributed by atoms with van der Waals surface area (Å²) in [5.74, 6) is 0. The van der Waals surface area contributed by atoms with E-state index in [1.54, 1.807) is 0 Å². The molecule has 1 heterocycles. The molecular formula is C26H36Cl2NO+. The van der Waals surface area contributed by atoms with E-state index in [9.17, 15) is 0 Å². The molecule has 1 aliphatic heterocycles. The van der Waals surface area contributed by atoms with E-state index in [0.29, 0.717) is 0 Å². The number of halogens is 2. The Morgan fingerprint density at radius 1 is 0.633 bits per heavy atom. The summed E-state index contributed by atoms with van der Waals surface area (Å²) in [5.41, 5.74) is 2.74. The van der Waals surface area contributed by atoms with Gasteiger partial charge in [-0.25, -0.2) is 0 Å². The number of hydrogen-bond donors (Lipinski definition) is 0. The number of quaternary nitrogens is 1. The Hall–Kier alpha value is -1.06. The Morgan fingerprint density at radius 2 is 1.13 bits per heavy atom. The van der Waals surface area contributed by atoms with E-state index in [4.69, 9.17) is 27.9 Å². The lowest BCUT2D eigenvalue weighted by Gasteiger charge is -2.42. The molecule has 3 rings (SSSR count). The van der Waals surface area contributed by atoms with Crippen LogP contribution in [-0.2, 0) is 17.6 Å². The summed E-state index contributed by atoms with van der Waals surface area (Å²) in [6.07, 6.45) is 9.86. The van der Waals surface area contributed by atoms with Gasteiger partial charge in [0.1, 0.15) is 0 Å². The van der Waals surface area contributed by atoms with E-state index in [2.05, 4.69) is 24.3 Å². The van der Waals surface area contributed by atoms with E-state index in [1.807, 2.05) is 24.3 Å². The molecule has 0 N–H and O–H groups in total. The van der Waals surface area contributed by atoms with Gasteiger partial charge in [0.2, 0.25) is 0 Å². The van der Waals surface area contributed by atoms with E-state index in [1.165, 1.54) is 73.9 Å². The molecule has 0 spiro atoms. The Bertz CT molecular complexity index is 724. The average Bonchev–Trinajstić information content (AvgIpc) is 2.76. The molecule has 0 aromatic heterocycles. The minimum Gasteiger partial charge on any atom is -0.381 e. The van der Waals surface area contributed by atoms with Gasteiger partial charge in [-0.05, 0) is 73.9 Å². The smallest absolute Gasteiger partial charge is 0.0808 e. The van der Waals surface area contributed by atoms with Crippen LogP contribution in [0.2, 0.25) is 10.0 Å². The SMILES string of the molecule is Clc1ccc(CCCOCCC[N+]2(CCCc3ccc(Cl)cc3)CCCCC2)cc1. The van der Waals surface area contributed by atoms with Gasteiger partial charge in [-0.1, -0.05) is 47.5 Å². The van der Waals surface area contributed by atoms with Crippen molar-refractivity contribution in [2.45, 2.75) is 51.4 Å². The van der Waals surface area contributed by atoms with Crippen molar-refractivity contribution in [3.63, 3.8) is 0 Å². The maximum absolute atomic E-state index is 6.01. The van der Waals surface area contributed by atoms with Gasteiger partial charge in [0.15, 0.2) is 0 Å². The number of aryl methyl sites for hydroxylation is 2. The summed E-state index contributed by atoms with van der Waals surface area (Å²) in [4.78, 5) is 0. The zero-order chi connectivity index (χ0) is 21.1. The fraction of sp³-hybridized carbons (Fsp3) is 0.538. The molecule has 1 fully saturated rings. The first-order chi connectivity index (χ1) is 14.7. The molecule has 0 atom stereocenters. The molecule has 0 radical (unpaired) electrons. The lowest BCUT2D eigenvalue weighted by atomic mass is 10.0. The van der Waals surface area contributed by atoms with Crippen molar-refractivity contribution >= 4 is 23.2 Å². The molecule has 2 nitrogen and oxygen atoms in total. The van der Waals surface area contributed by atoms with Crippen LogP contribution in [0.15, 0.2) is 48.5 Å². The number of piperidine rings is 1. The summed E-state index contributed by atoms with van der Waals surface area (Å²) in [6.45, 7) is 6.97. The number of hydrogen-bond acceptors (Lipinski definition) is 1. The van der Waals surface area contributed by atoms with Gasteiger partial charge in [-0.3, -0.25) is 0 Å². The highest BCUT2D eigenvalue weighted by Gasteiger charge is 2.28. The van der Waals surface area contributed by atoms with Gasteiger partial charge >= 0.3 is 0 Å². The topological polar surface area (TPSA) is 9.23 Å². The van der Waals surface area contributed by atoms with E-state index in [-0.39, 0.29) is 0 Å². The molecule has 1 saturated heterocycles. The molecule has 0 aliphatic carbocycles. The zero-order valence-electron chi connectivity index (χ0n) is 18.1. The third-order valence-corrected chi connectivity index (χ3v) is 6.87. The van der Waals surface area contributed by atoms with Crippen molar-refractivity contribution in [3.8, 4) is 0 Å². The monoisotopic (exact) mass is 448 g/mol. The quantitative estimate of drug-likeness (QED) is 0.251. The molecule has 4 heteroatoms. The number of rotatable bonds is 12. The molecule has 1 aliphatic rings. The molecule has 2 aromatic carbocycles. The van der Waals surface area contributed by atoms with Gasteiger partial charge in [0.05, 0.1) is 32.8 Å². The van der Waals surface area contributed by atoms with Gasteiger partial charge < -0.3 is 9.22 Å². The van der Waals surface area contributed by atoms with E-state index < -0.39 is 0 Å². The molecule has 30 heavy (non-hydrogen) atoms. The molecule has 2 aromatic rings. The predicted octanol–water partition coefficient (Wildman–Crippen LogP) is 6.97. The summed E-state index contributed by atoms with van der Waals surface area (Å²) >= 11 is 12.0. The first-order valence-electron chi connectivity index (χ1n) is 11.6. The second-order valence-corrected chi connectivity index (χ2v) is 9.60. The van der Waals surface area contributed by atoms with Crippen LogP contribution in [-0.4, -0.2) is 43.9 Å². The third-order valence-electron chi connectivity index (χ3n) is 6.36. The van der Waals surface area contributed by atoms with E-state index >= 15 is 0 Å². The maximum atomic E-state index is 6.01. The molecule has 0 unspecified atom stereocenters. The highest BCUT2D eigenvalue weighted by molar-refractivity contribution is 6.30. The van der Waals surface area contributed by atoms with Gasteiger partial charge in [-0.15, -0.1) is 0 Å². The van der Waals surface area contributed by atoms with Crippen molar-refractivity contribution in [1.29, 1.82) is 0 Å². The Morgan fingerprint density at radius 3 is 1.73 bits per heavy atom. The first-order valence-corrected chi connectivity index (χ1v) is 12.3. The van der Waals surface area contributed by atoms with Crippen LogP contribution >= 0.6 is 23.2 Å². The van der Waals surface area contributed by atoms with Crippen LogP contribution in [0.4, 0.5) is 0 Å². The summed E-state index contributed by atoms with van der Waals surface area (Å²) in [6, 6.07) is 16.5. The molecule has 0 amide bonds. The van der Waals surface area contributed by atoms with Crippen molar-refractivity contribution in [2.24, 2.45) is 0 Å². The Balaban J connectivity index is 1.32. The van der Waals surface area contributed by atoms with Crippen molar-refractivity contribution in [3.05, 3.63) is 69.7 Å². The van der Waals surface area contributed by atoms with Crippen LogP contribution in [0, 0.1) is 0 Å². The fourth-order valence-corrected chi connectivity index (χ4v) is 4.90. The van der Waals surface area contributed by atoms with Crippen molar-refractivity contribution < 1.29 is 9.22 Å². The lowest BCUT2D eigenvalue weighted by Crippen LogP contribution is -2.53. The fourth-order valence-electron chi connectivity index (χ4n) is 4.65. The standard InChI is InChI=1S/C26H36Cl2NO/c27-25-13-9-23(10-14-25)7-4-19-29(17-2-1-3-18-29)20-6-22-30-21-5-8-24-11-15-26(28)16-12-24/h9-16H,1-8,17-22H2/q+1. The average molecular weight is 449 g/mol. The Labute approximate surface area is 192 Å². The highest BCUT2D eigenvalue weighted by Crippen LogP contribution is 2.21. The molecule has 0 saturated carbocycles. The first kappa shape index (κ1) is 23.6. The third kappa shape index (κ3) is 8.23. The highest BCUT2D eigenvalue weighted by atomic mass is 35.5. The number of ether oxygens (including phenoxy) is 1. The van der Waals surface area contributed by atoms with Gasteiger partial charge in [-0.2, -0.15) is 0 Å². The number of likely N-dealkylation sites (tertiary alicyclic amines) is 1.